The standard InChI is InChI=1S/C33H34/c1-3-26-5-9-28(10-6-26)11-12-29-13-15-30(16-14-29)17-18-31-19-23-33(24-20-31)25-32-21-7-27(4-2)8-22-32/h5-10,19-24,29-30H,3-4,13-16,25H2,1-2H3. The SMILES string of the molecule is CCc1ccc(C#CC2CCC(C#Cc3ccc(Cc4ccc(CC)cc4)cc3)CC2)cc1. The van der Waals surface area contributed by atoms with Gasteiger partial charge in [0, 0.05) is 23.0 Å². The molecule has 0 spiro atoms. The summed E-state index contributed by atoms with van der Waals surface area (Å²) in [4.78, 5) is 0. The largest absolute Gasteiger partial charge is 0.0945 e. The molecule has 0 amide bonds. The second-order valence-corrected chi connectivity index (χ2v) is 9.18. The fraction of sp³-hybridized carbons (Fsp3) is 0.333. The van der Waals surface area contributed by atoms with Crippen LogP contribution in [-0.2, 0) is 19.3 Å². The molecule has 33 heavy (non-hydrogen) atoms. The first-order chi connectivity index (χ1) is 16.2. The monoisotopic (exact) mass is 430 g/mol. The van der Waals surface area contributed by atoms with E-state index < -0.39 is 0 Å². The summed E-state index contributed by atoms with van der Waals surface area (Å²) in [6.07, 6.45) is 7.79. The number of aryl methyl sites for hydroxylation is 2. The first-order valence-corrected chi connectivity index (χ1v) is 12.5. The molecule has 0 heteroatoms. The summed E-state index contributed by atoms with van der Waals surface area (Å²) in [6.45, 7) is 4.38. The van der Waals surface area contributed by atoms with Crippen LogP contribution in [0.4, 0.5) is 0 Å². The third-order valence-electron chi connectivity index (χ3n) is 6.72. The molecule has 1 aliphatic carbocycles. The molecule has 0 heterocycles. The van der Waals surface area contributed by atoms with E-state index in [-0.39, 0.29) is 0 Å². The van der Waals surface area contributed by atoms with Gasteiger partial charge in [-0.1, -0.05) is 86.1 Å². The minimum absolute atomic E-state index is 0.503. The average molecular weight is 431 g/mol. The minimum Gasteiger partial charge on any atom is -0.0945 e. The van der Waals surface area contributed by atoms with Crippen molar-refractivity contribution in [1.29, 1.82) is 0 Å². The molecular formula is C33H34. The first kappa shape index (κ1) is 23.0. The van der Waals surface area contributed by atoms with Crippen LogP contribution >= 0.6 is 0 Å². The Labute approximate surface area is 200 Å². The summed E-state index contributed by atoms with van der Waals surface area (Å²) < 4.78 is 0. The lowest BCUT2D eigenvalue weighted by Gasteiger charge is -2.21. The molecule has 3 aromatic carbocycles. The highest BCUT2D eigenvalue weighted by molar-refractivity contribution is 5.39. The summed E-state index contributed by atoms with van der Waals surface area (Å²) >= 11 is 0. The van der Waals surface area contributed by atoms with Crippen molar-refractivity contribution in [2.75, 3.05) is 0 Å². The highest BCUT2D eigenvalue weighted by atomic mass is 14.2. The molecule has 0 nitrogen and oxygen atoms in total. The summed E-state index contributed by atoms with van der Waals surface area (Å²) in [5.41, 5.74) is 7.73. The second-order valence-electron chi connectivity index (χ2n) is 9.18. The minimum atomic E-state index is 0.503. The van der Waals surface area contributed by atoms with Crippen molar-refractivity contribution in [3.05, 3.63) is 106 Å². The Morgan fingerprint density at radius 2 is 0.848 bits per heavy atom. The van der Waals surface area contributed by atoms with Gasteiger partial charge in [-0.3, -0.25) is 0 Å². The molecule has 0 unspecified atom stereocenters. The lowest BCUT2D eigenvalue weighted by atomic mass is 9.82. The highest BCUT2D eigenvalue weighted by Crippen LogP contribution is 2.28. The van der Waals surface area contributed by atoms with Crippen molar-refractivity contribution >= 4 is 0 Å². The Balaban J connectivity index is 1.26. The average Bonchev–Trinajstić information content (AvgIpc) is 2.88. The third-order valence-corrected chi connectivity index (χ3v) is 6.72. The Hall–Kier alpha value is -3.22. The van der Waals surface area contributed by atoms with Crippen LogP contribution in [0.25, 0.3) is 0 Å². The van der Waals surface area contributed by atoms with E-state index in [0.29, 0.717) is 11.8 Å². The molecule has 0 saturated heterocycles. The summed E-state index contributed by atoms with van der Waals surface area (Å²) in [6, 6.07) is 26.4. The number of hydrogen-bond acceptors (Lipinski definition) is 0. The van der Waals surface area contributed by atoms with Crippen LogP contribution in [-0.4, -0.2) is 0 Å². The van der Waals surface area contributed by atoms with Crippen LogP contribution in [0.15, 0.2) is 72.8 Å². The molecule has 0 aliphatic heterocycles. The van der Waals surface area contributed by atoms with Gasteiger partial charge in [-0.2, -0.15) is 0 Å². The van der Waals surface area contributed by atoms with Crippen LogP contribution < -0.4 is 0 Å². The van der Waals surface area contributed by atoms with Gasteiger partial charge >= 0.3 is 0 Å². The lowest BCUT2D eigenvalue weighted by molar-refractivity contribution is 0.373. The Bertz CT molecular complexity index is 1130. The predicted molar refractivity (Wildman–Crippen MR) is 140 cm³/mol. The fourth-order valence-corrected chi connectivity index (χ4v) is 4.41. The zero-order valence-corrected chi connectivity index (χ0v) is 20.0. The molecule has 0 aromatic heterocycles. The lowest BCUT2D eigenvalue weighted by Crippen LogP contribution is -2.11. The molecule has 0 bridgehead atoms. The van der Waals surface area contributed by atoms with Crippen molar-refractivity contribution in [3.63, 3.8) is 0 Å². The third kappa shape index (κ3) is 6.88. The smallest absolute Gasteiger partial charge is 0.0245 e. The number of rotatable bonds is 4. The predicted octanol–water partition coefficient (Wildman–Crippen LogP) is 7.61. The van der Waals surface area contributed by atoms with E-state index in [9.17, 15) is 0 Å². The Kier molecular flexibility index (Phi) is 8.06. The van der Waals surface area contributed by atoms with E-state index in [1.165, 1.54) is 22.3 Å². The van der Waals surface area contributed by atoms with Gasteiger partial charge in [0.2, 0.25) is 0 Å². The summed E-state index contributed by atoms with van der Waals surface area (Å²) in [5.74, 6) is 14.8. The Morgan fingerprint density at radius 1 is 0.515 bits per heavy atom. The highest BCUT2D eigenvalue weighted by Gasteiger charge is 2.18. The van der Waals surface area contributed by atoms with E-state index in [0.717, 1.165) is 56.1 Å². The maximum Gasteiger partial charge on any atom is 0.0245 e. The van der Waals surface area contributed by atoms with Gasteiger partial charge in [0.05, 0.1) is 0 Å². The maximum absolute atomic E-state index is 3.53. The molecule has 1 fully saturated rings. The summed E-state index contributed by atoms with van der Waals surface area (Å²) in [7, 11) is 0. The van der Waals surface area contributed by atoms with Crippen LogP contribution in [0.2, 0.25) is 0 Å². The Morgan fingerprint density at radius 3 is 1.24 bits per heavy atom. The van der Waals surface area contributed by atoms with E-state index in [2.05, 4.69) is 110 Å². The van der Waals surface area contributed by atoms with E-state index in [4.69, 9.17) is 0 Å². The molecule has 0 N–H and O–H groups in total. The molecule has 1 saturated carbocycles. The molecular weight excluding hydrogens is 396 g/mol. The van der Waals surface area contributed by atoms with Crippen molar-refractivity contribution in [2.45, 2.75) is 58.8 Å². The van der Waals surface area contributed by atoms with E-state index >= 15 is 0 Å². The van der Waals surface area contributed by atoms with Crippen molar-refractivity contribution in [2.24, 2.45) is 11.8 Å². The van der Waals surface area contributed by atoms with E-state index in [1.807, 2.05) is 0 Å². The zero-order valence-electron chi connectivity index (χ0n) is 20.0. The molecule has 1 aliphatic rings. The van der Waals surface area contributed by atoms with Crippen LogP contribution in [0.5, 0.6) is 0 Å². The summed E-state index contributed by atoms with van der Waals surface area (Å²) in [5, 5.41) is 0. The van der Waals surface area contributed by atoms with Gasteiger partial charge in [0.15, 0.2) is 0 Å². The van der Waals surface area contributed by atoms with Gasteiger partial charge in [-0.05, 0) is 91.5 Å². The van der Waals surface area contributed by atoms with Crippen LogP contribution in [0.3, 0.4) is 0 Å². The van der Waals surface area contributed by atoms with Crippen LogP contribution in [0.1, 0.15) is 72.9 Å². The van der Waals surface area contributed by atoms with Crippen molar-refractivity contribution in [3.8, 4) is 23.7 Å². The quantitative estimate of drug-likeness (QED) is 0.374. The zero-order chi connectivity index (χ0) is 22.9. The second kappa shape index (κ2) is 11.6. The molecule has 3 aromatic rings. The normalized spacial score (nSPS) is 17.4. The first-order valence-electron chi connectivity index (χ1n) is 12.5. The van der Waals surface area contributed by atoms with Gasteiger partial charge in [0.25, 0.3) is 0 Å². The number of hydrogen-bond donors (Lipinski definition) is 0. The number of benzene rings is 3. The van der Waals surface area contributed by atoms with Gasteiger partial charge < -0.3 is 0 Å². The van der Waals surface area contributed by atoms with Gasteiger partial charge in [-0.25, -0.2) is 0 Å². The fourth-order valence-electron chi connectivity index (χ4n) is 4.41. The maximum atomic E-state index is 3.53. The topological polar surface area (TPSA) is 0 Å². The van der Waals surface area contributed by atoms with Crippen LogP contribution in [0, 0.1) is 35.5 Å². The molecule has 0 radical (unpaired) electrons. The van der Waals surface area contributed by atoms with E-state index in [1.54, 1.807) is 0 Å². The molecule has 4 rings (SSSR count). The molecule has 0 atom stereocenters. The molecule has 166 valence electrons. The van der Waals surface area contributed by atoms with Crippen molar-refractivity contribution < 1.29 is 0 Å². The van der Waals surface area contributed by atoms with Gasteiger partial charge in [0.1, 0.15) is 0 Å². The van der Waals surface area contributed by atoms with Gasteiger partial charge in [-0.15, -0.1) is 0 Å². The van der Waals surface area contributed by atoms with Crippen molar-refractivity contribution in [1.82, 2.24) is 0 Å².